The van der Waals surface area contributed by atoms with Crippen molar-refractivity contribution in [3.63, 3.8) is 0 Å². The monoisotopic (exact) mass is 646 g/mol. The van der Waals surface area contributed by atoms with Crippen LogP contribution >= 0.6 is 11.3 Å². The highest BCUT2D eigenvalue weighted by molar-refractivity contribution is 7.25. The molecule has 0 aliphatic carbocycles. The number of anilines is 4. The quantitative estimate of drug-likeness (QED) is 0.188. The number of nitrogens with one attached hydrogen (secondary N) is 1. The summed E-state index contributed by atoms with van der Waals surface area (Å²) in [4.78, 5) is 2.40. The normalized spacial score (nSPS) is 13.8. The van der Waals surface area contributed by atoms with Gasteiger partial charge in [-0.15, -0.1) is 11.3 Å². The van der Waals surface area contributed by atoms with Crippen LogP contribution in [0.1, 0.15) is 11.8 Å². The zero-order chi connectivity index (χ0) is 32.3. The average molecular weight is 647 g/mol. The SMILES string of the molecule is c1ccc(C2Nc3c(ccc4ccc5cc(N(c6ccccc6)c6ccccc6-c6cccc7sc8ccccc8c67)ccc5c34)O2)cc1. The van der Waals surface area contributed by atoms with E-state index >= 15 is 0 Å². The zero-order valence-corrected chi connectivity index (χ0v) is 27.3. The molecule has 1 unspecified atom stereocenters. The molecule has 3 nitrogen and oxygen atoms in total. The van der Waals surface area contributed by atoms with Crippen LogP contribution in [0.4, 0.5) is 22.7 Å². The molecule has 0 spiro atoms. The van der Waals surface area contributed by atoms with Gasteiger partial charge in [0.2, 0.25) is 0 Å². The summed E-state index contributed by atoms with van der Waals surface area (Å²) < 4.78 is 9.03. The second-order valence-electron chi connectivity index (χ2n) is 12.5. The van der Waals surface area contributed by atoms with Crippen LogP contribution < -0.4 is 15.0 Å². The van der Waals surface area contributed by atoms with Crippen LogP contribution in [0.25, 0.3) is 52.8 Å². The highest BCUT2D eigenvalue weighted by Crippen LogP contribution is 2.48. The smallest absolute Gasteiger partial charge is 0.196 e. The Morgan fingerprint density at radius 2 is 1.22 bits per heavy atom. The highest BCUT2D eigenvalue weighted by atomic mass is 32.1. The highest BCUT2D eigenvalue weighted by Gasteiger charge is 2.26. The van der Waals surface area contributed by atoms with Crippen molar-refractivity contribution in [3.8, 4) is 16.9 Å². The van der Waals surface area contributed by atoms with Crippen molar-refractivity contribution in [1.82, 2.24) is 0 Å². The second-order valence-corrected chi connectivity index (χ2v) is 13.6. The van der Waals surface area contributed by atoms with Gasteiger partial charge in [0.1, 0.15) is 5.75 Å². The first-order chi connectivity index (χ1) is 24.3. The Bertz CT molecular complexity index is 2680. The molecular formula is C45H30N2OS. The van der Waals surface area contributed by atoms with Gasteiger partial charge < -0.3 is 15.0 Å². The van der Waals surface area contributed by atoms with Crippen molar-refractivity contribution >= 4 is 75.8 Å². The predicted octanol–water partition coefficient (Wildman–Crippen LogP) is 13.0. The van der Waals surface area contributed by atoms with E-state index in [1.165, 1.54) is 52.8 Å². The van der Waals surface area contributed by atoms with Crippen LogP contribution in [0, 0.1) is 0 Å². The summed E-state index contributed by atoms with van der Waals surface area (Å²) in [6.45, 7) is 0. The summed E-state index contributed by atoms with van der Waals surface area (Å²) in [5.74, 6) is 0.882. The van der Waals surface area contributed by atoms with E-state index in [0.717, 1.165) is 34.1 Å². The maximum atomic E-state index is 6.42. The number of benzene rings is 8. The molecule has 4 heteroatoms. The second kappa shape index (κ2) is 11.3. The van der Waals surface area contributed by atoms with Crippen molar-refractivity contribution in [2.24, 2.45) is 0 Å². The van der Waals surface area contributed by atoms with Crippen molar-refractivity contribution in [2.75, 3.05) is 10.2 Å². The fourth-order valence-corrected chi connectivity index (χ4v) is 8.60. The fraction of sp³-hybridized carbons (Fsp3) is 0.0222. The molecule has 0 saturated carbocycles. The van der Waals surface area contributed by atoms with Gasteiger partial charge >= 0.3 is 0 Å². The maximum Gasteiger partial charge on any atom is 0.196 e. The summed E-state index contributed by atoms with van der Waals surface area (Å²) in [6.07, 6.45) is -0.216. The number of hydrogen-bond donors (Lipinski definition) is 1. The third-order valence-corrected chi connectivity index (χ3v) is 10.8. The molecule has 1 aliphatic heterocycles. The van der Waals surface area contributed by atoms with Crippen LogP contribution in [0.3, 0.4) is 0 Å². The minimum absolute atomic E-state index is 0.216. The third kappa shape index (κ3) is 4.56. The first-order valence-electron chi connectivity index (χ1n) is 16.6. The van der Waals surface area contributed by atoms with Crippen LogP contribution in [0.2, 0.25) is 0 Å². The van der Waals surface area contributed by atoms with E-state index in [1.807, 2.05) is 17.4 Å². The summed E-state index contributed by atoms with van der Waals surface area (Å²) in [7, 11) is 0. The lowest BCUT2D eigenvalue weighted by Gasteiger charge is -2.28. The lowest BCUT2D eigenvalue weighted by Crippen LogP contribution is -2.11. The average Bonchev–Trinajstić information content (AvgIpc) is 3.78. The Kier molecular flexibility index (Phi) is 6.42. The molecule has 0 bridgehead atoms. The molecule has 0 radical (unpaired) electrons. The first-order valence-corrected chi connectivity index (χ1v) is 17.4. The van der Waals surface area contributed by atoms with Gasteiger partial charge in [-0.25, -0.2) is 0 Å². The summed E-state index contributed by atoms with van der Waals surface area (Å²) >= 11 is 1.86. The Labute approximate surface area is 288 Å². The number of hydrogen-bond acceptors (Lipinski definition) is 4. The van der Waals surface area contributed by atoms with E-state index in [0.29, 0.717) is 0 Å². The van der Waals surface area contributed by atoms with E-state index in [4.69, 9.17) is 4.74 Å². The van der Waals surface area contributed by atoms with Gasteiger partial charge in [0.15, 0.2) is 6.23 Å². The number of ether oxygens (including phenoxy) is 1. The molecule has 0 saturated heterocycles. The lowest BCUT2D eigenvalue weighted by molar-refractivity contribution is 0.260. The van der Waals surface area contributed by atoms with Gasteiger partial charge in [0, 0.05) is 48.1 Å². The van der Waals surface area contributed by atoms with Crippen LogP contribution in [-0.2, 0) is 0 Å². The largest absolute Gasteiger partial charge is 0.464 e. The number of fused-ring (bicyclic) bond motifs is 8. The molecule has 10 rings (SSSR count). The minimum atomic E-state index is -0.216. The van der Waals surface area contributed by atoms with Gasteiger partial charge in [-0.2, -0.15) is 0 Å². The van der Waals surface area contributed by atoms with Crippen molar-refractivity contribution in [1.29, 1.82) is 0 Å². The van der Waals surface area contributed by atoms with Crippen LogP contribution in [-0.4, -0.2) is 0 Å². The molecule has 232 valence electrons. The number of nitrogens with zero attached hydrogens (tertiary/aromatic N) is 1. The molecule has 9 aromatic rings. The summed E-state index contributed by atoms with van der Waals surface area (Å²) in [6, 6.07) is 60.9. The Balaban J connectivity index is 1.15. The third-order valence-electron chi connectivity index (χ3n) is 9.68. The Morgan fingerprint density at radius 1 is 0.510 bits per heavy atom. The molecule has 8 aromatic carbocycles. The van der Waals surface area contributed by atoms with Gasteiger partial charge in [0.25, 0.3) is 0 Å². The zero-order valence-electron chi connectivity index (χ0n) is 26.5. The molecule has 0 fully saturated rings. The van der Waals surface area contributed by atoms with Gasteiger partial charge in [-0.1, -0.05) is 121 Å². The van der Waals surface area contributed by atoms with E-state index in [2.05, 4.69) is 174 Å². The van der Waals surface area contributed by atoms with Crippen molar-refractivity contribution < 1.29 is 4.74 Å². The maximum absolute atomic E-state index is 6.42. The molecular weight excluding hydrogens is 617 g/mol. The van der Waals surface area contributed by atoms with Gasteiger partial charge in [-0.3, -0.25) is 0 Å². The summed E-state index contributed by atoms with van der Waals surface area (Å²) in [5.41, 5.74) is 7.95. The molecule has 2 heterocycles. The van der Waals surface area contributed by atoms with Crippen LogP contribution in [0.15, 0.2) is 170 Å². The van der Waals surface area contributed by atoms with Crippen molar-refractivity contribution in [3.05, 3.63) is 175 Å². The molecule has 49 heavy (non-hydrogen) atoms. The van der Waals surface area contributed by atoms with Gasteiger partial charge in [0.05, 0.1) is 11.4 Å². The first kappa shape index (κ1) is 28.0. The predicted molar refractivity (Wildman–Crippen MR) is 208 cm³/mol. The molecule has 1 aromatic heterocycles. The van der Waals surface area contributed by atoms with Crippen LogP contribution in [0.5, 0.6) is 5.75 Å². The Hall–Kier alpha value is -6.10. The lowest BCUT2D eigenvalue weighted by atomic mass is 9.96. The molecule has 1 N–H and O–H groups in total. The number of para-hydroxylation sites is 2. The van der Waals surface area contributed by atoms with E-state index in [-0.39, 0.29) is 6.23 Å². The fourth-order valence-electron chi connectivity index (χ4n) is 7.47. The Morgan fingerprint density at radius 3 is 2.12 bits per heavy atom. The minimum Gasteiger partial charge on any atom is -0.464 e. The molecule has 1 atom stereocenters. The molecule has 0 amide bonds. The van der Waals surface area contributed by atoms with E-state index in [9.17, 15) is 0 Å². The standard InChI is InChI=1S/C45H30N2OS/c1-3-12-30(13-4-1)45-46-44-39(48-45)27-24-29-22-23-31-28-33(25-26-34(31)42(29)44)47(32-14-5-2-6-15-32)38-19-9-7-16-35(38)36-18-11-21-41-43(36)37-17-8-10-20-40(37)49-41/h1-28,45-46H. The summed E-state index contributed by atoms with van der Waals surface area (Å²) in [5, 5.41) is 11.0. The van der Waals surface area contributed by atoms with E-state index < -0.39 is 0 Å². The van der Waals surface area contributed by atoms with E-state index in [1.54, 1.807) is 0 Å². The topological polar surface area (TPSA) is 24.5 Å². The van der Waals surface area contributed by atoms with Gasteiger partial charge in [-0.05, 0) is 70.3 Å². The molecule has 1 aliphatic rings. The van der Waals surface area contributed by atoms with Crippen molar-refractivity contribution in [2.45, 2.75) is 6.23 Å². The number of thiophene rings is 1. The number of rotatable bonds is 5.